The van der Waals surface area contributed by atoms with Crippen molar-refractivity contribution in [1.29, 1.82) is 0 Å². The number of hydrogen-bond acceptors (Lipinski definition) is 2. The van der Waals surface area contributed by atoms with Gasteiger partial charge in [0.05, 0.1) is 6.61 Å². The van der Waals surface area contributed by atoms with Crippen molar-refractivity contribution in [3.63, 3.8) is 0 Å². The van der Waals surface area contributed by atoms with Crippen LogP contribution in [0, 0.1) is 0 Å². The zero-order valence-electron chi connectivity index (χ0n) is 7.92. The molecule has 12 heavy (non-hydrogen) atoms. The first-order valence-electron chi connectivity index (χ1n) is 4.20. The maximum Gasteiger partial charge on any atom is 0.246 e. The molecule has 0 aromatic carbocycles. The number of aliphatic hydroxyl groups is 1. The van der Waals surface area contributed by atoms with Crippen LogP contribution in [0.2, 0.25) is 0 Å². The summed E-state index contributed by atoms with van der Waals surface area (Å²) in [6, 6.07) is -0.169. The van der Waals surface area contributed by atoms with Crippen molar-refractivity contribution in [2.75, 3.05) is 6.61 Å². The lowest BCUT2D eigenvalue weighted by molar-refractivity contribution is -0.118. The Kier molecular flexibility index (Phi) is 5.37. The van der Waals surface area contributed by atoms with Crippen LogP contribution >= 0.6 is 0 Å². The van der Waals surface area contributed by atoms with Crippen molar-refractivity contribution in [2.24, 2.45) is 0 Å². The Morgan fingerprint density at radius 3 is 2.67 bits per heavy atom. The van der Waals surface area contributed by atoms with Crippen molar-refractivity contribution in [1.82, 2.24) is 5.32 Å². The minimum absolute atomic E-state index is 0.0227. The second-order valence-electron chi connectivity index (χ2n) is 2.85. The summed E-state index contributed by atoms with van der Waals surface area (Å²) < 4.78 is 0. The van der Waals surface area contributed by atoms with Gasteiger partial charge in [0.15, 0.2) is 0 Å². The molecule has 2 N–H and O–H groups in total. The molecule has 70 valence electrons. The highest BCUT2D eigenvalue weighted by atomic mass is 16.3. The Bertz CT molecular complexity index is 175. The number of hydrogen-bond donors (Lipinski definition) is 2. The topological polar surface area (TPSA) is 49.3 Å². The van der Waals surface area contributed by atoms with Gasteiger partial charge in [-0.3, -0.25) is 4.79 Å². The van der Waals surface area contributed by atoms with Crippen LogP contribution in [0.25, 0.3) is 0 Å². The zero-order chi connectivity index (χ0) is 9.56. The van der Waals surface area contributed by atoms with E-state index in [0.29, 0.717) is 5.57 Å². The second-order valence-corrected chi connectivity index (χ2v) is 2.85. The van der Waals surface area contributed by atoms with Gasteiger partial charge >= 0.3 is 0 Å². The molecule has 0 fully saturated rings. The van der Waals surface area contributed by atoms with E-state index in [9.17, 15) is 4.79 Å². The number of nitrogens with one attached hydrogen (secondary N) is 1. The third-order valence-electron chi connectivity index (χ3n) is 1.52. The quantitative estimate of drug-likeness (QED) is 0.616. The fraction of sp³-hybridized carbons (Fsp3) is 0.667. The molecule has 1 atom stereocenters. The Morgan fingerprint density at radius 2 is 2.25 bits per heavy atom. The van der Waals surface area contributed by atoms with E-state index >= 15 is 0 Å². The van der Waals surface area contributed by atoms with Crippen molar-refractivity contribution in [3.05, 3.63) is 11.6 Å². The lowest BCUT2D eigenvalue weighted by Crippen LogP contribution is -2.35. The first-order valence-corrected chi connectivity index (χ1v) is 4.20. The molecule has 0 unspecified atom stereocenters. The molecule has 0 heterocycles. The van der Waals surface area contributed by atoms with E-state index in [4.69, 9.17) is 5.11 Å². The van der Waals surface area contributed by atoms with Gasteiger partial charge in [-0.2, -0.15) is 0 Å². The normalized spacial score (nSPS) is 14.2. The molecule has 0 radical (unpaired) electrons. The zero-order valence-corrected chi connectivity index (χ0v) is 7.92. The monoisotopic (exact) mass is 171 g/mol. The van der Waals surface area contributed by atoms with Crippen LogP contribution in [0.3, 0.4) is 0 Å². The predicted octanol–water partition coefficient (Wildman–Crippen LogP) is 0.840. The fourth-order valence-electron chi connectivity index (χ4n) is 0.782. The summed E-state index contributed by atoms with van der Waals surface area (Å²) in [5.41, 5.74) is 0.706. The molecule has 0 aliphatic carbocycles. The molecule has 0 aliphatic heterocycles. The number of amides is 1. The first kappa shape index (κ1) is 11.2. The van der Waals surface area contributed by atoms with E-state index in [1.807, 2.05) is 13.0 Å². The van der Waals surface area contributed by atoms with Crippen molar-refractivity contribution < 1.29 is 9.90 Å². The molecule has 3 heteroatoms. The van der Waals surface area contributed by atoms with E-state index in [1.54, 1.807) is 13.8 Å². The van der Waals surface area contributed by atoms with Crippen molar-refractivity contribution in [3.8, 4) is 0 Å². The molecule has 0 aromatic rings. The van der Waals surface area contributed by atoms with Gasteiger partial charge < -0.3 is 10.4 Å². The maximum atomic E-state index is 11.2. The van der Waals surface area contributed by atoms with Crippen LogP contribution < -0.4 is 5.32 Å². The Labute approximate surface area is 73.5 Å². The SMILES string of the molecule is CCC=C(C)C(=O)N[C@@H](C)CO. The number of carbonyl (C=O) groups is 1. The molecule has 3 nitrogen and oxygen atoms in total. The van der Waals surface area contributed by atoms with Crippen molar-refractivity contribution in [2.45, 2.75) is 33.2 Å². The second kappa shape index (κ2) is 5.77. The molecule has 0 saturated carbocycles. The van der Waals surface area contributed by atoms with Crippen molar-refractivity contribution >= 4 is 5.91 Å². The van der Waals surface area contributed by atoms with Gasteiger partial charge in [-0.1, -0.05) is 13.0 Å². The summed E-state index contributed by atoms with van der Waals surface area (Å²) in [5.74, 6) is -0.0987. The predicted molar refractivity (Wildman–Crippen MR) is 48.7 cm³/mol. The van der Waals surface area contributed by atoms with Crippen LogP contribution in [0.5, 0.6) is 0 Å². The van der Waals surface area contributed by atoms with Crippen LogP contribution in [0.4, 0.5) is 0 Å². The average molecular weight is 171 g/mol. The van der Waals surface area contributed by atoms with Crippen LogP contribution in [-0.4, -0.2) is 23.7 Å². The summed E-state index contributed by atoms with van der Waals surface area (Å²) in [4.78, 5) is 11.2. The highest BCUT2D eigenvalue weighted by molar-refractivity contribution is 5.92. The number of carbonyl (C=O) groups excluding carboxylic acids is 1. The van der Waals surface area contributed by atoms with Crippen LogP contribution in [-0.2, 0) is 4.79 Å². The van der Waals surface area contributed by atoms with E-state index < -0.39 is 0 Å². The highest BCUT2D eigenvalue weighted by Gasteiger charge is 2.06. The largest absolute Gasteiger partial charge is 0.394 e. The molecule has 1 amide bonds. The first-order chi connectivity index (χ1) is 5.61. The molecule has 0 spiro atoms. The number of aliphatic hydroxyl groups excluding tert-OH is 1. The van der Waals surface area contributed by atoms with Gasteiger partial charge in [-0.25, -0.2) is 0 Å². The molecule has 0 aliphatic rings. The molecular formula is C9H17NO2. The van der Waals surface area contributed by atoms with Crippen LogP contribution in [0.1, 0.15) is 27.2 Å². The van der Waals surface area contributed by atoms with Gasteiger partial charge in [0.2, 0.25) is 5.91 Å². The van der Waals surface area contributed by atoms with E-state index in [0.717, 1.165) is 6.42 Å². The molecule has 0 aromatic heterocycles. The standard InChI is InChI=1S/C9H17NO2/c1-4-5-7(2)9(12)10-8(3)6-11/h5,8,11H,4,6H2,1-3H3,(H,10,12)/t8-/m0/s1. The lowest BCUT2D eigenvalue weighted by Gasteiger charge is -2.10. The Hall–Kier alpha value is -0.830. The molecule has 0 saturated heterocycles. The third kappa shape index (κ3) is 4.13. The lowest BCUT2D eigenvalue weighted by atomic mass is 10.2. The van der Waals surface area contributed by atoms with Gasteiger partial charge in [-0.15, -0.1) is 0 Å². The van der Waals surface area contributed by atoms with E-state index in [2.05, 4.69) is 5.32 Å². The van der Waals surface area contributed by atoms with Gasteiger partial charge in [0.1, 0.15) is 0 Å². The Morgan fingerprint density at radius 1 is 1.67 bits per heavy atom. The van der Waals surface area contributed by atoms with Gasteiger partial charge in [0, 0.05) is 11.6 Å². The summed E-state index contributed by atoms with van der Waals surface area (Å²) in [5, 5.41) is 11.3. The molecular weight excluding hydrogens is 154 g/mol. The summed E-state index contributed by atoms with van der Waals surface area (Å²) in [7, 11) is 0. The smallest absolute Gasteiger partial charge is 0.246 e. The minimum Gasteiger partial charge on any atom is -0.394 e. The summed E-state index contributed by atoms with van der Waals surface area (Å²) in [6.45, 7) is 5.48. The summed E-state index contributed by atoms with van der Waals surface area (Å²) in [6.07, 6.45) is 2.71. The van der Waals surface area contributed by atoms with Gasteiger partial charge in [0.25, 0.3) is 0 Å². The van der Waals surface area contributed by atoms with E-state index in [-0.39, 0.29) is 18.6 Å². The van der Waals surface area contributed by atoms with E-state index in [1.165, 1.54) is 0 Å². The average Bonchev–Trinajstić information content (AvgIpc) is 2.04. The molecule has 0 bridgehead atoms. The Balaban J connectivity index is 3.95. The van der Waals surface area contributed by atoms with Crippen LogP contribution in [0.15, 0.2) is 11.6 Å². The number of rotatable bonds is 4. The highest BCUT2D eigenvalue weighted by Crippen LogP contribution is 1.95. The maximum absolute atomic E-state index is 11.2. The number of allylic oxidation sites excluding steroid dienone is 1. The third-order valence-corrected chi connectivity index (χ3v) is 1.52. The summed E-state index contributed by atoms with van der Waals surface area (Å²) >= 11 is 0. The minimum atomic E-state index is -0.169. The molecule has 0 rings (SSSR count). The fourth-order valence-corrected chi connectivity index (χ4v) is 0.782. The van der Waals surface area contributed by atoms with Gasteiger partial charge in [-0.05, 0) is 20.3 Å².